The molecule has 96 valence electrons. The number of H-pyrrole nitrogens is 1. The van der Waals surface area contributed by atoms with Gasteiger partial charge in [-0.2, -0.15) is 9.40 Å². The molecule has 0 aliphatic carbocycles. The van der Waals surface area contributed by atoms with E-state index in [1.54, 1.807) is 0 Å². The van der Waals surface area contributed by atoms with Crippen molar-refractivity contribution < 1.29 is 13.2 Å². The van der Waals surface area contributed by atoms with Crippen molar-refractivity contribution in [2.45, 2.75) is 24.3 Å². The second kappa shape index (κ2) is 3.97. The third kappa shape index (κ3) is 2.28. The minimum absolute atomic E-state index is 0.0233. The number of hydrogen-bond acceptors (Lipinski definition) is 5. The molecule has 1 aromatic heterocycles. The summed E-state index contributed by atoms with van der Waals surface area (Å²) in [6.45, 7) is 4.72. The average Bonchev–Trinajstić information content (AvgIpc) is 2.63. The van der Waals surface area contributed by atoms with Gasteiger partial charge in [0.15, 0.2) is 0 Å². The Hall–Kier alpha value is -1.12. The zero-order valence-corrected chi connectivity index (χ0v) is 10.6. The molecule has 1 aromatic rings. The molecule has 1 saturated heterocycles. The predicted octanol–water partition coefficient (Wildman–Crippen LogP) is -0.209. The van der Waals surface area contributed by atoms with E-state index in [0.29, 0.717) is 19.7 Å². The molecule has 2 heterocycles. The molecular weight excluding hydrogens is 244 g/mol. The average molecular weight is 260 g/mol. The highest BCUT2D eigenvalue weighted by molar-refractivity contribution is 7.89. The van der Waals surface area contributed by atoms with E-state index < -0.39 is 15.6 Å². The number of rotatable bonds is 2. The highest BCUT2D eigenvalue weighted by Crippen LogP contribution is 2.25. The number of anilines is 1. The highest BCUT2D eigenvalue weighted by atomic mass is 32.2. The summed E-state index contributed by atoms with van der Waals surface area (Å²) in [5, 5.41) is 6.06. The molecular formula is C9H16N4O3S. The molecule has 0 aromatic carbocycles. The fourth-order valence-electron chi connectivity index (χ4n) is 1.81. The Balaban J connectivity index is 2.31. The Morgan fingerprint density at radius 3 is 2.82 bits per heavy atom. The lowest BCUT2D eigenvalue weighted by atomic mass is 10.1. The van der Waals surface area contributed by atoms with Gasteiger partial charge in [0.05, 0.1) is 18.4 Å². The van der Waals surface area contributed by atoms with Crippen molar-refractivity contribution in [3.05, 3.63) is 6.20 Å². The number of nitrogens with zero attached hydrogens (tertiary/aromatic N) is 2. The molecule has 2 rings (SSSR count). The van der Waals surface area contributed by atoms with Crippen LogP contribution < -0.4 is 5.73 Å². The van der Waals surface area contributed by atoms with Crippen LogP contribution in [0.3, 0.4) is 0 Å². The monoisotopic (exact) mass is 260 g/mol. The van der Waals surface area contributed by atoms with Crippen LogP contribution in [0.1, 0.15) is 13.8 Å². The van der Waals surface area contributed by atoms with E-state index in [0.717, 1.165) is 0 Å². The minimum Gasteiger partial charge on any atom is -0.383 e. The number of nitrogens with two attached hydrogens (primary N) is 1. The van der Waals surface area contributed by atoms with E-state index >= 15 is 0 Å². The highest BCUT2D eigenvalue weighted by Gasteiger charge is 2.36. The van der Waals surface area contributed by atoms with E-state index in [9.17, 15) is 8.42 Å². The lowest BCUT2D eigenvalue weighted by molar-refractivity contribution is -0.0640. The van der Waals surface area contributed by atoms with Crippen molar-refractivity contribution in [2.24, 2.45) is 0 Å². The van der Waals surface area contributed by atoms with Gasteiger partial charge in [-0.15, -0.1) is 0 Å². The van der Waals surface area contributed by atoms with Gasteiger partial charge in [-0.1, -0.05) is 0 Å². The van der Waals surface area contributed by atoms with Crippen LogP contribution in [0.4, 0.5) is 5.82 Å². The van der Waals surface area contributed by atoms with Crippen LogP contribution in [0.15, 0.2) is 11.1 Å². The smallest absolute Gasteiger partial charge is 0.248 e. The van der Waals surface area contributed by atoms with Crippen LogP contribution in [0.5, 0.6) is 0 Å². The number of hydrogen-bond donors (Lipinski definition) is 2. The van der Waals surface area contributed by atoms with Crippen molar-refractivity contribution in [2.75, 3.05) is 25.4 Å². The van der Waals surface area contributed by atoms with Crippen LogP contribution in [-0.4, -0.2) is 48.2 Å². The molecule has 1 fully saturated rings. The maximum atomic E-state index is 12.3. The Labute approximate surface area is 100.0 Å². The van der Waals surface area contributed by atoms with Crippen LogP contribution >= 0.6 is 0 Å². The molecule has 1 aliphatic heterocycles. The Morgan fingerprint density at radius 2 is 2.29 bits per heavy atom. The second-order valence-electron chi connectivity index (χ2n) is 4.59. The summed E-state index contributed by atoms with van der Waals surface area (Å²) in [5.41, 5.74) is 5.06. The van der Waals surface area contributed by atoms with E-state index in [1.807, 2.05) is 13.8 Å². The van der Waals surface area contributed by atoms with E-state index in [2.05, 4.69) is 10.2 Å². The van der Waals surface area contributed by atoms with Gasteiger partial charge in [0.25, 0.3) is 0 Å². The fourth-order valence-corrected chi connectivity index (χ4v) is 3.39. The molecule has 0 radical (unpaired) electrons. The maximum absolute atomic E-state index is 12.3. The van der Waals surface area contributed by atoms with Gasteiger partial charge < -0.3 is 10.5 Å². The molecule has 0 bridgehead atoms. The third-order valence-electron chi connectivity index (χ3n) is 2.64. The zero-order chi connectivity index (χ0) is 12.7. The Morgan fingerprint density at radius 1 is 1.59 bits per heavy atom. The second-order valence-corrected chi connectivity index (χ2v) is 6.50. The molecule has 0 spiro atoms. The quantitative estimate of drug-likeness (QED) is 0.766. The summed E-state index contributed by atoms with van der Waals surface area (Å²) in [5.74, 6) is 0.0642. The first-order valence-corrected chi connectivity index (χ1v) is 6.70. The van der Waals surface area contributed by atoms with E-state index in [-0.39, 0.29) is 10.7 Å². The summed E-state index contributed by atoms with van der Waals surface area (Å²) in [6, 6.07) is 0. The lowest BCUT2D eigenvalue weighted by Gasteiger charge is -2.37. The molecule has 0 unspecified atom stereocenters. The standard InChI is InChI=1S/C9H16N4O3S/c1-9(2)6-13(3-4-16-9)17(14,15)7-5-11-12-8(7)10/h5H,3-4,6H2,1-2H3,(H3,10,11,12). The summed E-state index contributed by atoms with van der Waals surface area (Å²) in [7, 11) is -3.59. The van der Waals surface area contributed by atoms with Gasteiger partial charge in [0.2, 0.25) is 10.0 Å². The van der Waals surface area contributed by atoms with Crippen LogP contribution in [-0.2, 0) is 14.8 Å². The number of morpholine rings is 1. The van der Waals surface area contributed by atoms with Crippen molar-refractivity contribution in [1.29, 1.82) is 0 Å². The van der Waals surface area contributed by atoms with Gasteiger partial charge in [-0.05, 0) is 13.8 Å². The number of aromatic amines is 1. The normalized spacial score (nSPS) is 21.5. The van der Waals surface area contributed by atoms with Crippen LogP contribution in [0.25, 0.3) is 0 Å². The summed E-state index contributed by atoms with van der Waals surface area (Å²) >= 11 is 0. The Kier molecular flexibility index (Phi) is 2.88. The summed E-state index contributed by atoms with van der Waals surface area (Å²) in [4.78, 5) is 0.0233. The molecule has 8 heteroatoms. The SMILES string of the molecule is CC1(C)CN(S(=O)(=O)c2cn[nH]c2N)CCO1. The molecule has 0 amide bonds. The number of nitrogens with one attached hydrogen (secondary N) is 1. The number of nitrogen functional groups attached to an aromatic ring is 1. The van der Waals surface area contributed by atoms with Crippen molar-refractivity contribution >= 4 is 15.8 Å². The first-order valence-electron chi connectivity index (χ1n) is 5.26. The van der Waals surface area contributed by atoms with Crippen LogP contribution in [0, 0.1) is 0 Å². The first-order chi connectivity index (χ1) is 7.83. The zero-order valence-electron chi connectivity index (χ0n) is 9.80. The van der Waals surface area contributed by atoms with Crippen molar-refractivity contribution in [3.63, 3.8) is 0 Å². The van der Waals surface area contributed by atoms with E-state index in [1.165, 1.54) is 10.5 Å². The molecule has 0 saturated carbocycles. The largest absolute Gasteiger partial charge is 0.383 e. The fraction of sp³-hybridized carbons (Fsp3) is 0.667. The lowest BCUT2D eigenvalue weighted by Crippen LogP contribution is -2.50. The Bertz CT molecular complexity index is 508. The van der Waals surface area contributed by atoms with Gasteiger partial charge in [-0.3, -0.25) is 5.10 Å². The number of sulfonamides is 1. The van der Waals surface area contributed by atoms with Gasteiger partial charge in [-0.25, -0.2) is 8.42 Å². The van der Waals surface area contributed by atoms with Crippen molar-refractivity contribution in [3.8, 4) is 0 Å². The summed E-state index contributed by atoms with van der Waals surface area (Å²) in [6.07, 6.45) is 1.23. The third-order valence-corrected chi connectivity index (χ3v) is 4.51. The summed E-state index contributed by atoms with van der Waals surface area (Å²) < 4.78 is 31.4. The topological polar surface area (TPSA) is 101 Å². The molecule has 0 atom stereocenters. The number of ether oxygens (including phenoxy) is 1. The minimum atomic E-state index is -3.59. The predicted molar refractivity (Wildman–Crippen MR) is 61.8 cm³/mol. The number of aromatic nitrogens is 2. The van der Waals surface area contributed by atoms with Gasteiger partial charge >= 0.3 is 0 Å². The van der Waals surface area contributed by atoms with Gasteiger partial charge in [0, 0.05) is 13.1 Å². The molecule has 17 heavy (non-hydrogen) atoms. The molecule has 3 N–H and O–H groups in total. The first kappa shape index (κ1) is 12.3. The van der Waals surface area contributed by atoms with Crippen molar-refractivity contribution in [1.82, 2.24) is 14.5 Å². The van der Waals surface area contributed by atoms with E-state index in [4.69, 9.17) is 10.5 Å². The molecule has 1 aliphatic rings. The molecule has 7 nitrogen and oxygen atoms in total. The van der Waals surface area contributed by atoms with Crippen LogP contribution in [0.2, 0.25) is 0 Å². The van der Waals surface area contributed by atoms with Gasteiger partial charge in [0.1, 0.15) is 10.7 Å². The maximum Gasteiger partial charge on any atom is 0.248 e.